The Morgan fingerprint density at radius 2 is 2.29 bits per heavy atom. The number of anilines is 1. The molecule has 0 saturated carbocycles. The number of amides is 1. The van der Waals surface area contributed by atoms with Gasteiger partial charge in [0.2, 0.25) is 5.91 Å². The molecule has 1 aliphatic rings. The minimum Gasteiger partial charge on any atom is -0.484 e. The van der Waals surface area contributed by atoms with E-state index in [2.05, 4.69) is 28.5 Å². The minimum absolute atomic E-state index is 0.101. The number of carbonyl (C=O) groups excluding carboxylic acids is 1. The van der Waals surface area contributed by atoms with Crippen molar-refractivity contribution in [2.24, 2.45) is 5.92 Å². The molecular weight excluding hydrogens is 497 g/mol. The van der Waals surface area contributed by atoms with Gasteiger partial charge in [-0.15, -0.1) is 21.5 Å². The van der Waals surface area contributed by atoms with Gasteiger partial charge in [-0.3, -0.25) is 4.79 Å². The minimum atomic E-state index is -0.440. The van der Waals surface area contributed by atoms with E-state index in [4.69, 9.17) is 16.3 Å². The van der Waals surface area contributed by atoms with Gasteiger partial charge in [0, 0.05) is 11.4 Å². The van der Waals surface area contributed by atoms with E-state index >= 15 is 0 Å². The Kier molecular flexibility index (Phi) is 7.76. The highest BCUT2D eigenvalue weighted by Gasteiger charge is 2.25. The van der Waals surface area contributed by atoms with E-state index in [-0.39, 0.29) is 23.3 Å². The van der Waals surface area contributed by atoms with Gasteiger partial charge in [-0.2, -0.15) is 5.26 Å². The van der Waals surface area contributed by atoms with Crippen LogP contribution in [0.3, 0.4) is 0 Å². The van der Waals surface area contributed by atoms with Gasteiger partial charge in [-0.1, -0.05) is 30.3 Å². The van der Waals surface area contributed by atoms with E-state index in [1.54, 1.807) is 0 Å². The summed E-state index contributed by atoms with van der Waals surface area (Å²) in [4.78, 5) is 13.9. The maximum atomic E-state index is 13.2. The second-order valence-electron chi connectivity index (χ2n) is 8.01. The summed E-state index contributed by atoms with van der Waals surface area (Å²) in [6, 6.07) is 6.19. The zero-order valence-corrected chi connectivity index (χ0v) is 21.1. The van der Waals surface area contributed by atoms with Crippen LogP contribution >= 0.6 is 34.7 Å². The number of hydrogen-bond donors (Lipinski definition) is 1. The quantitative estimate of drug-likeness (QED) is 0.397. The molecule has 1 amide bonds. The van der Waals surface area contributed by atoms with Gasteiger partial charge in [0.25, 0.3) is 0 Å². The van der Waals surface area contributed by atoms with E-state index in [1.165, 1.54) is 46.2 Å². The Morgan fingerprint density at radius 3 is 3.03 bits per heavy atom. The van der Waals surface area contributed by atoms with Crippen LogP contribution in [0.25, 0.3) is 0 Å². The van der Waals surface area contributed by atoms with Crippen molar-refractivity contribution in [3.05, 3.63) is 50.9 Å². The first-order chi connectivity index (χ1) is 16.4. The van der Waals surface area contributed by atoms with Crippen LogP contribution in [0.15, 0.2) is 23.4 Å². The van der Waals surface area contributed by atoms with Crippen molar-refractivity contribution in [1.29, 1.82) is 5.26 Å². The second-order valence-corrected chi connectivity index (χ2v) is 10.5. The van der Waals surface area contributed by atoms with Crippen molar-refractivity contribution in [3.63, 3.8) is 0 Å². The molecule has 0 saturated heterocycles. The molecule has 1 aliphatic carbocycles. The summed E-state index contributed by atoms with van der Waals surface area (Å²) in [6.45, 7) is 4.84. The predicted molar refractivity (Wildman–Crippen MR) is 131 cm³/mol. The molecule has 2 heterocycles. The highest BCUT2D eigenvalue weighted by atomic mass is 35.5. The lowest BCUT2D eigenvalue weighted by Gasteiger charge is -2.17. The molecule has 1 unspecified atom stereocenters. The number of benzene rings is 1. The summed E-state index contributed by atoms with van der Waals surface area (Å²) in [6.07, 6.45) is 2.90. The van der Waals surface area contributed by atoms with Crippen LogP contribution < -0.4 is 10.1 Å². The Labute approximate surface area is 210 Å². The fraction of sp³-hybridized carbons (Fsp3) is 0.391. The maximum absolute atomic E-state index is 13.2. The van der Waals surface area contributed by atoms with E-state index in [9.17, 15) is 14.4 Å². The lowest BCUT2D eigenvalue weighted by atomic mass is 9.89. The van der Waals surface area contributed by atoms with Gasteiger partial charge < -0.3 is 14.6 Å². The standard InChI is InChI=1S/C23H23ClFN5O2S2/c1-3-30-20(11-32-18-7-5-14(25)9-17(18)24)28-29-23(30)33-12-21(31)27-22-16(10-26)15-6-4-13(2)8-19(15)34-22/h5,7,9,13H,3-4,6,8,11-12H2,1-2H3,(H,27,31). The molecule has 0 radical (unpaired) electrons. The molecule has 7 nitrogen and oxygen atoms in total. The zero-order chi connectivity index (χ0) is 24.2. The van der Waals surface area contributed by atoms with E-state index in [1.807, 2.05) is 11.5 Å². The first-order valence-corrected chi connectivity index (χ1v) is 13.0. The lowest BCUT2D eigenvalue weighted by Crippen LogP contribution is -2.15. The third-order valence-corrected chi connectivity index (χ3v) is 8.00. The molecule has 2 aromatic heterocycles. The highest BCUT2D eigenvalue weighted by Crippen LogP contribution is 2.39. The van der Waals surface area contributed by atoms with Gasteiger partial charge in [-0.05, 0) is 55.9 Å². The number of nitrogens with one attached hydrogen (secondary N) is 1. The first-order valence-electron chi connectivity index (χ1n) is 10.9. The first kappa shape index (κ1) is 24.5. The topological polar surface area (TPSA) is 92.8 Å². The molecule has 1 aromatic carbocycles. The number of nitriles is 1. The average molecular weight is 520 g/mol. The van der Waals surface area contributed by atoms with Crippen molar-refractivity contribution >= 4 is 45.6 Å². The molecule has 1 atom stereocenters. The van der Waals surface area contributed by atoms with Crippen LogP contribution in [0.4, 0.5) is 9.39 Å². The van der Waals surface area contributed by atoms with Crippen LogP contribution in [0.2, 0.25) is 5.02 Å². The Morgan fingerprint density at radius 1 is 1.47 bits per heavy atom. The highest BCUT2D eigenvalue weighted by molar-refractivity contribution is 7.99. The largest absolute Gasteiger partial charge is 0.484 e. The van der Waals surface area contributed by atoms with E-state index in [0.29, 0.717) is 39.8 Å². The number of nitrogens with zero attached hydrogens (tertiary/aromatic N) is 4. The van der Waals surface area contributed by atoms with Crippen molar-refractivity contribution in [1.82, 2.24) is 14.8 Å². The van der Waals surface area contributed by atoms with Gasteiger partial charge in [0.15, 0.2) is 11.0 Å². The van der Waals surface area contributed by atoms with E-state index in [0.717, 1.165) is 24.8 Å². The predicted octanol–water partition coefficient (Wildman–Crippen LogP) is 5.46. The molecule has 1 N–H and O–H groups in total. The molecule has 0 spiro atoms. The summed E-state index contributed by atoms with van der Waals surface area (Å²) in [5, 5.41) is 22.3. The number of carbonyl (C=O) groups is 1. The van der Waals surface area contributed by atoms with Gasteiger partial charge in [-0.25, -0.2) is 4.39 Å². The number of thiophene rings is 1. The molecule has 0 fully saturated rings. The number of hydrogen-bond acceptors (Lipinski definition) is 7. The van der Waals surface area contributed by atoms with Crippen molar-refractivity contribution < 1.29 is 13.9 Å². The van der Waals surface area contributed by atoms with Crippen LogP contribution in [0.5, 0.6) is 5.75 Å². The molecule has 0 aliphatic heterocycles. The van der Waals surface area contributed by atoms with Gasteiger partial charge in [0.05, 0.1) is 16.3 Å². The number of fused-ring (bicyclic) bond motifs is 1. The normalized spacial score (nSPS) is 15.0. The fourth-order valence-corrected chi connectivity index (χ4v) is 6.26. The number of thioether (sulfide) groups is 1. The second kappa shape index (κ2) is 10.8. The molecule has 4 rings (SSSR count). The summed E-state index contributed by atoms with van der Waals surface area (Å²) in [5.41, 5.74) is 1.69. The monoisotopic (exact) mass is 519 g/mol. The fourth-order valence-electron chi connectivity index (χ4n) is 3.83. The summed E-state index contributed by atoms with van der Waals surface area (Å²) in [7, 11) is 0. The third kappa shape index (κ3) is 5.37. The number of rotatable bonds is 8. The van der Waals surface area contributed by atoms with Crippen molar-refractivity contribution in [3.8, 4) is 11.8 Å². The van der Waals surface area contributed by atoms with Crippen molar-refractivity contribution in [2.75, 3.05) is 11.1 Å². The lowest BCUT2D eigenvalue weighted by molar-refractivity contribution is -0.113. The summed E-state index contributed by atoms with van der Waals surface area (Å²) < 4.78 is 20.7. The molecule has 178 valence electrons. The van der Waals surface area contributed by atoms with Gasteiger partial charge >= 0.3 is 0 Å². The number of halogens is 2. The molecular formula is C23H23ClFN5O2S2. The maximum Gasteiger partial charge on any atom is 0.235 e. The van der Waals surface area contributed by atoms with Crippen LogP contribution in [-0.4, -0.2) is 26.4 Å². The molecule has 34 heavy (non-hydrogen) atoms. The summed E-state index contributed by atoms with van der Waals surface area (Å²) >= 11 is 8.79. The average Bonchev–Trinajstić information content (AvgIpc) is 3.36. The Hall–Kier alpha value is -2.61. The van der Waals surface area contributed by atoms with Crippen LogP contribution in [0, 0.1) is 23.1 Å². The molecule has 11 heteroatoms. The van der Waals surface area contributed by atoms with Gasteiger partial charge in [0.1, 0.15) is 29.2 Å². The van der Waals surface area contributed by atoms with Crippen LogP contribution in [0.1, 0.15) is 42.1 Å². The molecule has 0 bridgehead atoms. The van der Waals surface area contributed by atoms with Crippen LogP contribution in [-0.2, 0) is 30.8 Å². The Bertz CT molecular complexity index is 1250. The van der Waals surface area contributed by atoms with Crippen molar-refractivity contribution in [2.45, 2.75) is 51.4 Å². The molecule has 3 aromatic rings. The smallest absolute Gasteiger partial charge is 0.235 e. The number of ether oxygens (including phenoxy) is 1. The Balaban J connectivity index is 1.38. The SMILES string of the molecule is CCn1c(COc2ccc(F)cc2Cl)nnc1SCC(=O)Nc1sc2c(c1C#N)CCC(C)C2. The third-order valence-electron chi connectivity index (χ3n) is 5.57. The zero-order valence-electron chi connectivity index (χ0n) is 18.7. The van der Waals surface area contributed by atoms with E-state index < -0.39 is 5.82 Å². The summed E-state index contributed by atoms with van der Waals surface area (Å²) in [5.74, 6) is 1.00. The number of aromatic nitrogens is 3.